The van der Waals surface area contributed by atoms with E-state index in [9.17, 15) is 9.59 Å². The van der Waals surface area contributed by atoms with Crippen LogP contribution in [0.5, 0.6) is 5.75 Å². The number of piperidine rings is 1. The molecule has 25 heavy (non-hydrogen) atoms. The van der Waals surface area contributed by atoms with E-state index >= 15 is 0 Å². The lowest BCUT2D eigenvalue weighted by atomic mass is 9.96. The van der Waals surface area contributed by atoms with Crippen molar-refractivity contribution in [1.29, 1.82) is 0 Å². The van der Waals surface area contributed by atoms with Crippen molar-refractivity contribution < 1.29 is 14.3 Å². The number of ether oxygens (including phenoxy) is 1. The Balaban J connectivity index is 1.47. The number of aryl methyl sites for hydroxylation is 1. The average molecular weight is 336 g/mol. The minimum atomic E-state index is -0.713. The predicted octanol–water partition coefficient (Wildman–Crippen LogP) is 2.75. The third kappa shape index (κ3) is 2.86. The van der Waals surface area contributed by atoms with Gasteiger partial charge >= 0.3 is 0 Å². The number of fused-ring (bicyclic) bond motifs is 1. The van der Waals surface area contributed by atoms with Crippen molar-refractivity contribution in [2.24, 2.45) is 0 Å². The van der Waals surface area contributed by atoms with E-state index in [4.69, 9.17) is 4.74 Å². The topological polar surface area (TPSA) is 58.6 Å². The number of nitrogens with zero attached hydrogens (tertiary/aromatic N) is 1. The van der Waals surface area contributed by atoms with E-state index in [0.717, 1.165) is 5.56 Å². The van der Waals surface area contributed by atoms with Crippen LogP contribution in [-0.4, -0.2) is 35.5 Å². The molecule has 0 aromatic heterocycles. The van der Waals surface area contributed by atoms with Crippen LogP contribution in [0, 0.1) is 6.92 Å². The molecule has 0 bridgehead atoms. The van der Waals surface area contributed by atoms with Crippen molar-refractivity contribution in [2.45, 2.75) is 25.5 Å². The van der Waals surface area contributed by atoms with Crippen LogP contribution >= 0.6 is 0 Å². The summed E-state index contributed by atoms with van der Waals surface area (Å²) in [6.45, 7) is 3.10. The molecule has 1 N–H and O–H groups in total. The Labute approximate surface area is 146 Å². The molecule has 4 rings (SSSR count). The van der Waals surface area contributed by atoms with Crippen molar-refractivity contribution in [3.8, 4) is 5.75 Å². The van der Waals surface area contributed by atoms with Crippen LogP contribution in [0.1, 0.15) is 39.1 Å². The monoisotopic (exact) mass is 336 g/mol. The highest BCUT2D eigenvalue weighted by Crippen LogP contribution is 2.33. The second kappa shape index (κ2) is 5.92. The van der Waals surface area contributed by atoms with Gasteiger partial charge < -0.3 is 15.0 Å². The first-order chi connectivity index (χ1) is 12.1. The molecule has 5 heteroatoms. The maximum absolute atomic E-state index is 12.6. The minimum Gasteiger partial charge on any atom is -0.467 e. The number of nitrogens with one attached hydrogen (secondary N) is 1. The molecule has 0 radical (unpaired) electrons. The quantitative estimate of drug-likeness (QED) is 0.871. The van der Waals surface area contributed by atoms with Crippen molar-refractivity contribution >= 4 is 11.8 Å². The van der Waals surface area contributed by atoms with Gasteiger partial charge in [-0.1, -0.05) is 29.8 Å². The van der Waals surface area contributed by atoms with E-state index in [0.29, 0.717) is 42.8 Å². The number of hydrogen-bond acceptors (Lipinski definition) is 3. The zero-order valence-corrected chi connectivity index (χ0v) is 14.1. The summed E-state index contributed by atoms with van der Waals surface area (Å²) >= 11 is 0. The SMILES string of the molecule is Cc1ccc(C(=O)N2CCC3(CC2)NC(=O)c2ccccc2O3)cc1. The van der Waals surface area contributed by atoms with E-state index in [1.165, 1.54) is 0 Å². The van der Waals surface area contributed by atoms with Crippen LogP contribution in [0.25, 0.3) is 0 Å². The molecule has 0 saturated carbocycles. The van der Waals surface area contributed by atoms with Crippen LogP contribution in [0.3, 0.4) is 0 Å². The normalized spacial score (nSPS) is 18.3. The maximum atomic E-state index is 12.6. The lowest BCUT2D eigenvalue weighted by Crippen LogP contribution is -2.61. The molecule has 2 aromatic carbocycles. The van der Waals surface area contributed by atoms with E-state index in [1.807, 2.05) is 54.3 Å². The number of rotatable bonds is 1. The minimum absolute atomic E-state index is 0.0254. The fraction of sp³-hybridized carbons (Fsp3) is 0.300. The van der Waals surface area contributed by atoms with Gasteiger partial charge in [0.25, 0.3) is 11.8 Å². The summed E-state index contributed by atoms with van der Waals surface area (Å²) < 4.78 is 6.11. The van der Waals surface area contributed by atoms with Crippen molar-refractivity contribution in [2.75, 3.05) is 13.1 Å². The third-order valence-corrected chi connectivity index (χ3v) is 4.94. The van der Waals surface area contributed by atoms with Gasteiger partial charge in [0, 0.05) is 31.5 Å². The fourth-order valence-corrected chi connectivity index (χ4v) is 3.43. The molecule has 1 spiro atoms. The lowest BCUT2D eigenvalue weighted by Gasteiger charge is -2.44. The van der Waals surface area contributed by atoms with Crippen molar-refractivity contribution in [3.05, 3.63) is 65.2 Å². The third-order valence-electron chi connectivity index (χ3n) is 4.94. The van der Waals surface area contributed by atoms with Crippen LogP contribution in [0.4, 0.5) is 0 Å². The summed E-state index contributed by atoms with van der Waals surface area (Å²) in [6, 6.07) is 14.9. The smallest absolute Gasteiger partial charge is 0.258 e. The van der Waals surface area contributed by atoms with Crippen molar-refractivity contribution in [3.63, 3.8) is 0 Å². The Bertz CT molecular complexity index is 821. The van der Waals surface area contributed by atoms with Gasteiger partial charge in [-0.3, -0.25) is 9.59 Å². The summed E-state index contributed by atoms with van der Waals surface area (Å²) in [5, 5.41) is 3.00. The molecule has 2 aromatic rings. The van der Waals surface area contributed by atoms with Gasteiger partial charge in [0.05, 0.1) is 5.56 Å². The molecule has 2 heterocycles. The molecule has 2 amide bonds. The van der Waals surface area contributed by atoms with Gasteiger partial charge in [0.1, 0.15) is 5.75 Å². The highest BCUT2D eigenvalue weighted by Gasteiger charge is 2.43. The van der Waals surface area contributed by atoms with E-state index in [1.54, 1.807) is 6.07 Å². The largest absolute Gasteiger partial charge is 0.467 e. The summed E-state index contributed by atoms with van der Waals surface area (Å²) in [5.74, 6) is 0.530. The Hall–Kier alpha value is -2.82. The summed E-state index contributed by atoms with van der Waals surface area (Å²) in [5.41, 5.74) is 1.67. The number of para-hydroxylation sites is 1. The van der Waals surface area contributed by atoms with Crippen molar-refractivity contribution in [1.82, 2.24) is 10.2 Å². The predicted molar refractivity (Wildman–Crippen MR) is 93.6 cm³/mol. The van der Waals surface area contributed by atoms with E-state index in [2.05, 4.69) is 5.32 Å². The summed E-state index contributed by atoms with van der Waals surface area (Å²) in [7, 11) is 0. The molecule has 128 valence electrons. The van der Waals surface area contributed by atoms with Gasteiger partial charge in [-0.25, -0.2) is 0 Å². The number of carbonyl (C=O) groups excluding carboxylic acids is 2. The summed E-state index contributed by atoms with van der Waals surface area (Å²) in [6.07, 6.45) is 1.15. The van der Waals surface area contributed by atoms with Gasteiger partial charge in [0.15, 0.2) is 5.72 Å². The number of carbonyl (C=O) groups is 2. The highest BCUT2D eigenvalue weighted by atomic mass is 16.5. The highest BCUT2D eigenvalue weighted by molar-refractivity contribution is 5.98. The maximum Gasteiger partial charge on any atom is 0.258 e. The van der Waals surface area contributed by atoms with E-state index in [-0.39, 0.29) is 11.8 Å². The number of likely N-dealkylation sites (tertiary alicyclic amines) is 1. The molecule has 5 nitrogen and oxygen atoms in total. The Morgan fingerprint density at radius 3 is 2.48 bits per heavy atom. The second-order valence-corrected chi connectivity index (χ2v) is 6.70. The van der Waals surface area contributed by atoms with Crippen LogP contribution in [0.15, 0.2) is 48.5 Å². The zero-order valence-electron chi connectivity index (χ0n) is 14.1. The van der Waals surface area contributed by atoms with Crippen LogP contribution in [-0.2, 0) is 0 Å². The standard InChI is InChI=1S/C20H20N2O3/c1-14-6-8-15(9-7-14)19(24)22-12-10-20(11-13-22)21-18(23)16-4-2-3-5-17(16)25-20/h2-9H,10-13H2,1H3,(H,21,23). The number of benzene rings is 2. The fourth-order valence-electron chi connectivity index (χ4n) is 3.43. The molecular formula is C20H20N2O3. The van der Waals surface area contributed by atoms with Gasteiger partial charge in [0.2, 0.25) is 0 Å². The van der Waals surface area contributed by atoms with Crippen LogP contribution < -0.4 is 10.1 Å². The van der Waals surface area contributed by atoms with Gasteiger partial charge in [-0.15, -0.1) is 0 Å². The molecule has 2 aliphatic heterocycles. The first kappa shape index (κ1) is 15.7. The number of amides is 2. The summed E-state index contributed by atoms with van der Waals surface area (Å²) in [4.78, 5) is 26.8. The average Bonchev–Trinajstić information content (AvgIpc) is 2.62. The lowest BCUT2D eigenvalue weighted by molar-refractivity contribution is -0.0245. The molecular weight excluding hydrogens is 316 g/mol. The Morgan fingerprint density at radius 1 is 1.08 bits per heavy atom. The molecule has 0 atom stereocenters. The Kier molecular flexibility index (Phi) is 3.71. The van der Waals surface area contributed by atoms with E-state index < -0.39 is 5.72 Å². The zero-order chi connectivity index (χ0) is 17.4. The first-order valence-corrected chi connectivity index (χ1v) is 8.53. The van der Waals surface area contributed by atoms with Crippen LogP contribution in [0.2, 0.25) is 0 Å². The second-order valence-electron chi connectivity index (χ2n) is 6.70. The number of hydrogen-bond donors (Lipinski definition) is 1. The molecule has 1 fully saturated rings. The first-order valence-electron chi connectivity index (χ1n) is 8.53. The molecule has 0 aliphatic carbocycles. The van der Waals surface area contributed by atoms with Gasteiger partial charge in [-0.05, 0) is 31.2 Å². The molecule has 2 aliphatic rings. The molecule has 0 unspecified atom stereocenters. The molecule has 1 saturated heterocycles. The Morgan fingerprint density at radius 2 is 1.76 bits per heavy atom. The van der Waals surface area contributed by atoms with Gasteiger partial charge in [-0.2, -0.15) is 0 Å².